The molecule has 1 N–H and O–H groups in total. The van der Waals surface area contributed by atoms with Gasteiger partial charge in [-0.2, -0.15) is 0 Å². The number of ether oxygens (including phenoxy) is 3. The summed E-state index contributed by atoms with van der Waals surface area (Å²) >= 11 is 0. The summed E-state index contributed by atoms with van der Waals surface area (Å²) in [5.41, 5.74) is 1.42. The minimum Gasteiger partial charge on any atom is -0.365 e. The summed E-state index contributed by atoms with van der Waals surface area (Å²) in [6.07, 6.45) is 12.2. The number of nitrogens with zero attached hydrogens (tertiary/aromatic N) is 4. The normalized spacial score (nSPS) is 32.6. The third-order valence-corrected chi connectivity index (χ3v) is 5.52. The molecule has 0 bridgehead atoms. The monoisotopic (exact) mass is 369 g/mol. The van der Waals surface area contributed by atoms with E-state index in [4.69, 9.17) is 20.6 Å². The first kappa shape index (κ1) is 16.9. The third kappa shape index (κ3) is 2.78. The zero-order valence-corrected chi connectivity index (χ0v) is 15.5. The van der Waals surface area contributed by atoms with E-state index in [2.05, 4.69) is 26.2 Å². The maximum atomic E-state index is 6.08. The topological polar surface area (TPSA) is 83.3 Å². The van der Waals surface area contributed by atoms with E-state index in [1.807, 2.05) is 18.4 Å². The third-order valence-electron chi connectivity index (χ3n) is 5.52. The molecule has 3 fully saturated rings. The van der Waals surface area contributed by atoms with Crippen molar-refractivity contribution in [2.45, 2.75) is 75.9 Å². The molecular weight excluding hydrogens is 346 g/mol. The zero-order valence-electron chi connectivity index (χ0n) is 15.5. The van der Waals surface area contributed by atoms with Crippen molar-refractivity contribution >= 4 is 17.0 Å². The second-order valence-corrected chi connectivity index (χ2v) is 7.85. The van der Waals surface area contributed by atoms with Crippen LogP contribution in [0.4, 0.5) is 5.82 Å². The first-order chi connectivity index (χ1) is 13.1. The first-order valence-corrected chi connectivity index (χ1v) is 9.47. The minimum atomic E-state index is -0.701. The average molecular weight is 369 g/mol. The van der Waals surface area contributed by atoms with E-state index in [0.717, 1.165) is 24.2 Å². The molecule has 4 heterocycles. The summed E-state index contributed by atoms with van der Waals surface area (Å²) in [6.45, 7) is 3.77. The largest absolute Gasteiger partial charge is 0.365 e. The van der Waals surface area contributed by atoms with E-state index in [0.29, 0.717) is 11.7 Å². The molecule has 2 aromatic heterocycles. The van der Waals surface area contributed by atoms with Crippen LogP contribution in [0.15, 0.2) is 12.7 Å². The van der Waals surface area contributed by atoms with Crippen LogP contribution in [0.25, 0.3) is 11.2 Å². The Labute approximate surface area is 157 Å². The van der Waals surface area contributed by atoms with Gasteiger partial charge in [-0.05, 0) is 26.7 Å². The van der Waals surface area contributed by atoms with E-state index >= 15 is 0 Å². The van der Waals surface area contributed by atoms with Gasteiger partial charge in [0.2, 0.25) is 0 Å². The van der Waals surface area contributed by atoms with Gasteiger partial charge < -0.3 is 19.5 Å². The molecule has 27 heavy (non-hydrogen) atoms. The number of rotatable bonds is 3. The highest BCUT2D eigenvalue weighted by Gasteiger charge is 2.55. The van der Waals surface area contributed by atoms with Crippen LogP contribution in [-0.2, 0) is 14.2 Å². The molecule has 142 valence electrons. The lowest BCUT2D eigenvalue weighted by Gasteiger charge is -2.23. The number of anilines is 1. The van der Waals surface area contributed by atoms with Gasteiger partial charge in [-0.15, -0.1) is 6.42 Å². The van der Waals surface area contributed by atoms with Crippen molar-refractivity contribution in [3.8, 4) is 12.3 Å². The lowest BCUT2D eigenvalue weighted by Crippen LogP contribution is -2.28. The Morgan fingerprint density at radius 3 is 2.74 bits per heavy atom. The lowest BCUT2D eigenvalue weighted by atomic mass is 10.1. The smallest absolute Gasteiger partial charge is 0.167 e. The van der Waals surface area contributed by atoms with Crippen molar-refractivity contribution in [2.24, 2.45) is 0 Å². The fraction of sp³-hybridized carbons (Fsp3) is 0.632. The maximum absolute atomic E-state index is 6.08. The average Bonchev–Trinajstić information content (AvgIpc) is 3.38. The minimum absolute atomic E-state index is 0.314. The Morgan fingerprint density at radius 2 is 1.96 bits per heavy atom. The second-order valence-electron chi connectivity index (χ2n) is 7.85. The molecule has 0 aromatic carbocycles. The van der Waals surface area contributed by atoms with Crippen molar-refractivity contribution in [1.29, 1.82) is 0 Å². The Balaban J connectivity index is 1.49. The molecule has 5 rings (SSSR count). The molecule has 2 aliphatic heterocycles. The maximum Gasteiger partial charge on any atom is 0.167 e. The van der Waals surface area contributed by atoms with Crippen molar-refractivity contribution < 1.29 is 14.2 Å². The highest BCUT2D eigenvalue weighted by molar-refractivity contribution is 5.82. The summed E-state index contributed by atoms with van der Waals surface area (Å²) in [7, 11) is 0. The van der Waals surface area contributed by atoms with Gasteiger partial charge >= 0.3 is 0 Å². The van der Waals surface area contributed by atoms with Crippen LogP contribution < -0.4 is 5.32 Å². The van der Waals surface area contributed by atoms with Crippen LogP contribution in [-0.4, -0.2) is 49.7 Å². The van der Waals surface area contributed by atoms with Crippen LogP contribution in [0, 0.1) is 12.3 Å². The van der Waals surface area contributed by atoms with Gasteiger partial charge in [0.05, 0.1) is 6.33 Å². The van der Waals surface area contributed by atoms with Crippen LogP contribution >= 0.6 is 0 Å². The summed E-state index contributed by atoms with van der Waals surface area (Å²) in [6, 6.07) is 0.443. The van der Waals surface area contributed by atoms with Gasteiger partial charge in [0.25, 0.3) is 0 Å². The number of imidazole rings is 1. The van der Waals surface area contributed by atoms with Crippen molar-refractivity contribution in [2.75, 3.05) is 5.32 Å². The molecule has 8 heteroatoms. The number of hydrogen-bond donors (Lipinski definition) is 1. The molecule has 0 unspecified atom stereocenters. The predicted octanol–water partition coefficient (Wildman–Crippen LogP) is 2.23. The Bertz CT molecular complexity index is 898. The molecule has 0 radical (unpaired) electrons. The predicted molar refractivity (Wildman–Crippen MR) is 97.8 cm³/mol. The molecule has 3 aliphatic rings. The quantitative estimate of drug-likeness (QED) is 0.831. The molecule has 4 atom stereocenters. The number of hydrogen-bond acceptors (Lipinski definition) is 7. The molecule has 1 saturated carbocycles. The van der Waals surface area contributed by atoms with E-state index in [1.165, 1.54) is 12.8 Å². The summed E-state index contributed by atoms with van der Waals surface area (Å²) in [5, 5.41) is 3.51. The van der Waals surface area contributed by atoms with Gasteiger partial charge in [-0.3, -0.25) is 4.57 Å². The summed E-state index contributed by atoms with van der Waals surface area (Å²) in [5.74, 6) is 2.73. The molecule has 8 nitrogen and oxygen atoms in total. The molecular formula is C19H23N5O3. The summed E-state index contributed by atoms with van der Waals surface area (Å²) in [4.78, 5) is 13.4. The van der Waals surface area contributed by atoms with Gasteiger partial charge in [-0.1, -0.05) is 18.8 Å². The molecule has 1 aliphatic carbocycles. The van der Waals surface area contributed by atoms with Crippen LogP contribution in [0.1, 0.15) is 45.8 Å². The Hall–Kier alpha value is -2.21. The highest BCUT2D eigenvalue weighted by atomic mass is 16.8. The van der Waals surface area contributed by atoms with E-state index < -0.39 is 18.1 Å². The van der Waals surface area contributed by atoms with Crippen molar-refractivity contribution in [3.63, 3.8) is 0 Å². The zero-order chi connectivity index (χ0) is 18.6. The number of aromatic nitrogens is 4. The number of fused-ring (bicyclic) bond motifs is 2. The van der Waals surface area contributed by atoms with Crippen molar-refractivity contribution in [1.82, 2.24) is 19.5 Å². The van der Waals surface area contributed by atoms with Gasteiger partial charge in [-0.25, -0.2) is 15.0 Å². The van der Waals surface area contributed by atoms with Crippen molar-refractivity contribution in [3.05, 3.63) is 12.7 Å². The standard InChI is InChI=1S/C19H23N5O3/c1-4-12-14-15(27-19(2,3)26-14)18(25-12)24-10-22-13-16(20-9-21-17(13)24)23-11-7-5-6-8-11/h1,9-12,14-15,18H,5-8H2,2-3H3,(H,20,21,23)/t12-,14-,15+,18-/m1/s1. The van der Waals surface area contributed by atoms with E-state index in [9.17, 15) is 0 Å². The molecule has 0 amide bonds. The van der Waals surface area contributed by atoms with Gasteiger partial charge in [0.15, 0.2) is 29.0 Å². The lowest BCUT2D eigenvalue weighted by molar-refractivity contribution is -0.190. The van der Waals surface area contributed by atoms with Gasteiger partial charge in [0.1, 0.15) is 24.6 Å². The summed E-state index contributed by atoms with van der Waals surface area (Å²) < 4.78 is 20.0. The van der Waals surface area contributed by atoms with E-state index in [-0.39, 0.29) is 12.2 Å². The van der Waals surface area contributed by atoms with E-state index in [1.54, 1.807) is 12.7 Å². The molecule has 2 saturated heterocycles. The number of terminal acetylenes is 1. The highest BCUT2D eigenvalue weighted by Crippen LogP contribution is 2.43. The Morgan fingerprint density at radius 1 is 1.19 bits per heavy atom. The second kappa shape index (κ2) is 6.16. The SMILES string of the molecule is C#C[C@H]1O[C@@H](n2cnc3c(NC4CCCC4)ncnc32)[C@H]2OC(C)(C)O[C@@H]21. The van der Waals surface area contributed by atoms with Gasteiger partial charge in [0, 0.05) is 6.04 Å². The van der Waals surface area contributed by atoms with Crippen LogP contribution in [0.2, 0.25) is 0 Å². The Kier molecular flexibility index (Phi) is 3.86. The fourth-order valence-corrected chi connectivity index (χ4v) is 4.34. The number of nitrogens with one attached hydrogen (secondary N) is 1. The fourth-order valence-electron chi connectivity index (χ4n) is 4.34. The first-order valence-electron chi connectivity index (χ1n) is 9.47. The van der Waals surface area contributed by atoms with Crippen LogP contribution in [0.3, 0.4) is 0 Å². The molecule has 2 aromatic rings. The molecule has 0 spiro atoms. The van der Waals surface area contributed by atoms with Crippen LogP contribution in [0.5, 0.6) is 0 Å².